The lowest BCUT2D eigenvalue weighted by Gasteiger charge is -2.21. The van der Waals surface area contributed by atoms with Gasteiger partial charge < -0.3 is 23.7 Å². The van der Waals surface area contributed by atoms with E-state index in [0.717, 1.165) is 51.4 Å². The highest BCUT2D eigenvalue weighted by Crippen LogP contribution is 2.22. The average Bonchev–Trinajstić information content (AvgIpc) is 2.68. The Kier molecular flexibility index (Phi) is 19.6. The van der Waals surface area contributed by atoms with Crippen LogP contribution in [-0.2, 0) is 23.7 Å². The number of alkyl halides is 3. The van der Waals surface area contributed by atoms with Gasteiger partial charge in [-0.15, -0.1) is 0 Å². The summed E-state index contributed by atoms with van der Waals surface area (Å²) in [5.41, 5.74) is -2.12. The minimum absolute atomic E-state index is 0.0386. The van der Waals surface area contributed by atoms with Crippen LogP contribution in [0.1, 0.15) is 85.0 Å². The van der Waals surface area contributed by atoms with Crippen molar-refractivity contribution >= 4 is 75.1 Å². The number of hydrogen-bond donors (Lipinski definition) is 0. The van der Waals surface area contributed by atoms with Gasteiger partial charge in [0.05, 0.1) is 0 Å². The molecule has 2 saturated carbocycles. The van der Waals surface area contributed by atoms with Crippen molar-refractivity contribution in [3.8, 4) is 0 Å². The van der Waals surface area contributed by atoms with Crippen molar-refractivity contribution in [1.29, 1.82) is 0 Å². The normalized spacial score (nSPS) is 19.1. The first-order valence-corrected chi connectivity index (χ1v) is 13.5. The molecule has 0 bridgehead atoms. The van der Waals surface area contributed by atoms with E-state index in [9.17, 15) is 14.4 Å². The number of ether oxygens (including phenoxy) is 5. The Labute approximate surface area is 224 Å². The molecule has 3 unspecified atom stereocenters. The summed E-state index contributed by atoms with van der Waals surface area (Å²) in [5.74, 6) is 0. The van der Waals surface area contributed by atoms with Crippen molar-refractivity contribution in [3.63, 3.8) is 0 Å². The topological polar surface area (TPSA) is 97.4 Å². The van der Waals surface area contributed by atoms with Crippen molar-refractivity contribution in [2.75, 3.05) is 0 Å². The number of halogens is 4. The Morgan fingerprint density at radius 3 is 1.33 bits per heavy atom. The summed E-state index contributed by atoms with van der Waals surface area (Å²) in [6, 6.07) is 0. The molecule has 0 aromatic heterocycles. The summed E-state index contributed by atoms with van der Waals surface area (Å²) < 4.78 is 23.8. The molecular weight excluding hydrogens is 613 g/mol. The van der Waals surface area contributed by atoms with Gasteiger partial charge in [0.2, 0.25) is 0 Å². The minimum atomic E-state index is -0.873. The summed E-state index contributed by atoms with van der Waals surface area (Å²) in [5, 5.41) is 0. The first kappa shape index (κ1) is 32.6. The van der Waals surface area contributed by atoms with Gasteiger partial charge in [-0.2, -0.15) is 0 Å². The molecule has 2 aliphatic carbocycles. The van der Waals surface area contributed by atoms with E-state index in [1.807, 2.05) is 29.5 Å². The molecule has 2 rings (SSSR count). The van der Waals surface area contributed by atoms with E-state index in [4.69, 9.17) is 49.0 Å². The van der Waals surface area contributed by atoms with E-state index in [2.05, 4.69) is 9.47 Å². The Morgan fingerprint density at radius 1 is 0.697 bits per heavy atom. The van der Waals surface area contributed by atoms with E-state index in [0.29, 0.717) is 0 Å². The summed E-state index contributed by atoms with van der Waals surface area (Å²) in [7, 11) is 0. The minimum Gasteiger partial charge on any atom is -0.434 e. The fourth-order valence-corrected chi connectivity index (χ4v) is 3.63. The molecule has 0 radical (unpaired) electrons. The number of hydrogen-bond acceptors (Lipinski definition) is 8. The van der Waals surface area contributed by atoms with Crippen molar-refractivity contribution in [2.45, 2.75) is 112 Å². The van der Waals surface area contributed by atoms with E-state index >= 15 is 0 Å². The van der Waals surface area contributed by atoms with Crippen LogP contribution in [-0.4, -0.2) is 45.2 Å². The summed E-state index contributed by atoms with van der Waals surface area (Å²) in [6.07, 6.45) is 9.94. The summed E-state index contributed by atoms with van der Waals surface area (Å²) in [4.78, 5) is 31.8. The molecule has 0 aromatic rings. The first-order valence-electron chi connectivity index (χ1n) is 11.0. The highest BCUT2D eigenvalue weighted by atomic mass is 127. The molecule has 194 valence electrons. The van der Waals surface area contributed by atoms with Gasteiger partial charge in [0.25, 0.3) is 0 Å². The van der Waals surface area contributed by atoms with Crippen LogP contribution < -0.4 is 0 Å². The molecule has 8 nitrogen and oxygen atoms in total. The Hall–Kier alpha value is -0.390. The van der Waals surface area contributed by atoms with Crippen LogP contribution in [0.2, 0.25) is 0 Å². The lowest BCUT2D eigenvalue weighted by molar-refractivity contribution is 0.00708. The van der Waals surface area contributed by atoms with Crippen LogP contribution in [0.4, 0.5) is 14.4 Å². The molecule has 33 heavy (non-hydrogen) atoms. The maximum Gasteiger partial charge on any atom is 0.510 e. The van der Waals surface area contributed by atoms with Crippen molar-refractivity contribution in [2.24, 2.45) is 0 Å². The zero-order chi connectivity index (χ0) is 25.2. The molecule has 12 heteroatoms. The van der Waals surface area contributed by atoms with E-state index in [1.54, 1.807) is 6.92 Å². The maximum absolute atomic E-state index is 11.1. The summed E-state index contributed by atoms with van der Waals surface area (Å²) >= 11 is 17.4. The van der Waals surface area contributed by atoms with Crippen LogP contribution in [0, 0.1) is 0 Å². The number of carbonyl (C=O) groups excluding carboxylic acids is 3. The Balaban J connectivity index is 0.000000490. The quantitative estimate of drug-likeness (QED) is 0.0968. The first-order chi connectivity index (χ1) is 15.5. The maximum atomic E-state index is 11.1. The fraction of sp³-hybridized carbons (Fsp3) is 0.857. The molecule has 2 aliphatic rings. The van der Waals surface area contributed by atoms with Gasteiger partial charge >= 0.3 is 17.7 Å². The average molecular weight is 648 g/mol. The largest absolute Gasteiger partial charge is 0.510 e. The predicted molar refractivity (Wildman–Crippen MR) is 135 cm³/mol. The molecule has 0 heterocycles. The Morgan fingerprint density at radius 2 is 1.06 bits per heavy atom. The van der Waals surface area contributed by atoms with Gasteiger partial charge in [-0.3, -0.25) is 0 Å². The smallest absolute Gasteiger partial charge is 0.434 e. The van der Waals surface area contributed by atoms with Crippen LogP contribution in [0.25, 0.3) is 0 Å². The molecule has 0 amide bonds. The Bertz CT molecular complexity index is 514. The number of rotatable bonds is 5. The van der Waals surface area contributed by atoms with Crippen molar-refractivity contribution < 1.29 is 38.1 Å². The van der Waals surface area contributed by atoms with Gasteiger partial charge in [0, 0.05) is 11.6 Å². The fourth-order valence-electron chi connectivity index (χ4n) is 3.09. The second kappa shape index (κ2) is 19.9. The highest BCUT2D eigenvalue weighted by Gasteiger charge is 2.20. The molecule has 0 spiro atoms. The van der Waals surface area contributed by atoms with Crippen LogP contribution in [0.3, 0.4) is 0 Å². The monoisotopic (exact) mass is 646 g/mol. The molecule has 0 aromatic carbocycles. The lowest BCUT2D eigenvalue weighted by atomic mass is 9.98. The van der Waals surface area contributed by atoms with Crippen molar-refractivity contribution in [3.05, 3.63) is 0 Å². The van der Waals surface area contributed by atoms with Gasteiger partial charge in [-0.25, -0.2) is 14.4 Å². The molecule has 3 atom stereocenters. The summed E-state index contributed by atoms with van der Waals surface area (Å²) in [6.45, 7) is 4.90. The zero-order valence-electron chi connectivity index (χ0n) is 19.2. The van der Waals surface area contributed by atoms with Crippen LogP contribution >= 0.6 is 57.4 Å². The molecular formula is C21H34Cl3IO8. The van der Waals surface area contributed by atoms with Gasteiger partial charge in [0.15, 0.2) is 15.2 Å². The SMILES string of the molecule is CC(Cl)OC(=O)Cl.CC(Cl)OC(=O)OC1CCCCC1.CC(I)OC(=O)OC1CCCCC1. The van der Waals surface area contributed by atoms with Gasteiger partial charge in [0.1, 0.15) is 12.2 Å². The highest BCUT2D eigenvalue weighted by molar-refractivity contribution is 14.1. The molecule has 0 N–H and O–H groups in total. The second-order valence-electron chi connectivity index (χ2n) is 7.48. The third-order valence-corrected chi connectivity index (χ3v) is 4.92. The number of carbonyl (C=O) groups is 3. The van der Waals surface area contributed by atoms with E-state index < -0.39 is 28.9 Å². The van der Waals surface area contributed by atoms with Crippen LogP contribution in [0.5, 0.6) is 0 Å². The van der Waals surface area contributed by atoms with Gasteiger partial charge in [-0.05, 0) is 94.7 Å². The molecule has 2 fully saturated rings. The van der Waals surface area contributed by atoms with Crippen LogP contribution in [0.15, 0.2) is 0 Å². The van der Waals surface area contributed by atoms with E-state index in [-0.39, 0.29) is 16.3 Å². The third-order valence-electron chi connectivity index (χ3n) is 4.40. The predicted octanol–water partition coefficient (Wildman–Crippen LogP) is 8.26. The zero-order valence-corrected chi connectivity index (χ0v) is 23.7. The van der Waals surface area contributed by atoms with E-state index in [1.165, 1.54) is 19.8 Å². The third kappa shape index (κ3) is 21.9. The molecule has 0 saturated heterocycles. The lowest BCUT2D eigenvalue weighted by Crippen LogP contribution is -2.22. The second-order valence-corrected chi connectivity index (χ2v) is 10.8. The van der Waals surface area contributed by atoms with Gasteiger partial charge in [-0.1, -0.05) is 36.0 Å². The van der Waals surface area contributed by atoms with Crippen molar-refractivity contribution in [1.82, 2.24) is 0 Å². The standard InChI is InChI=1S/C9H15ClO3.C9H15IO3.C3H4Cl2O2/c2*1-7(10)12-9(11)13-8-5-3-2-4-6-8;1-2(4)7-3(5)6/h2*7-8H,2-6H2,1H3;2H,1H3. The molecule has 0 aliphatic heterocycles.